The van der Waals surface area contributed by atoms with Crippen LogP contribution in [0.1, 0.15) is 32.1 Å². The van der Waals surface area contributed by atoms with Crippen LogP contribution in [0.15, 0.2) is 18.6 Å². The highest BCUT2D eigenvalue weighted by atomic mass is 16.2. The summed E-state index contributed by atoms with van der Waals surface area (Å²) in [6, 6.07) is -0.390. The Morgan fingerprint density at radius 2 is 2.00 bits per heavy atom. The van der Waals surface area contributed by atoms with E-state index in [0.29, 0.717) is 5.82 Å². The van der Waals surface area contributed by atoms with E-state index >= 15 is 0 Å². The molecule has 2 fully saturated rings. The lowest BCUT2D eigenvalue weighted by atomic mass is 10.2. The quantitative estimate of drug-likeness (QED) is 0.819. The summed E-state index contributed by atoms with van der Waals surface area (Å²) in [5, 5.41) is 2.99. The summed E-state index contributed by atoms with van der Waals surface area (Å²) in [5.74, 6) is 0.336. The van der Waals surface area contributed by atoms with E-state index in [0.717, 1.165) is 25.7 Å². The van der Waals surface area contributed by atoms with E-state index in [1.54, 1.807) is 18.6 Å². The molecular formula is C13H16N4O2. The molecule has 100 valence electrons. The first kappa shape index (κ1) is 12.1. The van der Waals surface area contributed by atoms with Crippen molar-refractivity contribution in [2.24, 2.45) is 0 Å². The van der Waals surface area contributed by atoms with Crippen molar-refractivity contribution in [3.8, 4) is 0 Å². The predicted octanol–water partition coefficient (Wildman–Crippen LogP) is 0.959. The normalized spacial score (nSPS) is 24.2. The number of anilines is 1. The molecule has 1 aliphatic heterocycles. The van der Waals surface area contributed by atoms with Crippen LogP contribution in [0.3, 0.4) is 0 Å². The van der Waals surface area contributed by atoms with Crippen LogP contribution in [0.25, 0.3) is 0 Å². The number of likely N-dealkylation sites (tertiary alicyclic amines) is 1. The summed E-state index contributed by atoms with van der Waals surface area (Å²) in [5.41, 5.74) is 0. The second kappa shape index (κ2) is 4.95. The highest BCUT2D eigenvalue weighted by molar-refractivity contribution is 6.07. The first-order valence-corrected chi connectivity index (χ1v) is 6.64. The van der Waals surface area contributed by atoms with Crippen LogP contribution in [-0.2, 0) is 9.59 Å². The molecule has 1 aromatic rings. The molecule has 0 radical (unpaired) electrons. The summed E-state index contributed by atoms with van der Waals surface area (Å²) in [7, 11) is 0. The van der Waals surface area contributed by atoms with Gasteiger partial charge in [0, 0.05) is 18.4 Å². The number of imide groups is 1. The summed E-state index contributed by atoms with van der Waals surface area (Å²) < 4.78 is 0. The maximum atomic E-state index is 12.3. The number of carbonyl (C=O) groups excluding carboxylic acids is 2. The molecule has 2 heterocycles. The Balaban J connectivity index is 1.71. The molecule has 1 saturated heterocycles. The van der Waals surface area contributed by atoms with Gasteiger partial charge in [-0.2, -0.15) is 0 Å². The van der Waals surface area contributed by atoms with Crippen LogP contribution in [0.2, 0.25) is 0 Å². The van der Waals surface area contributed by atoms with Gasteiger partial charge in [-0.1, -0.05) is 12.8 Å². The molecule has 3 rings (SSSR count). The number of nitrogens with one attached hydrogen (secondary N) is 1. The molecule has 1 atom stereocenters. The number of hydrogen-bond donors (Lipinski definition) is 1. The van der Waals surface area contributed by atoms with E-state index in [4.69, 9.17) is 0 Å². The molecule has 1 unspecified atom stereocenters. The largest absolute Gasteiger partial charge is 0.357 e. The highest BCUT2D eigenvalue weighted by Gasteiger charge is 2.43. The van der Waals surface area contributed by atoms with Gasteiger partial charge in [0.25, 0.3) is 5.91 Å². The Kier molecular flexibility index (Phi) is 3.15. The number of hydrogen-bond acceptors (Lipinski definition) is 5. The molecule has 1 aliphatic carbocycles. The highest BCUT2D eigenvalue weighted by Crippen LogP contribution is 2.28. The summed E-state index contributed by atoms with van der Waals surface area (Å²) in [4.78, 5) is 33.8. The maximum absolute atomic E-state index is 12.3. The Labute approximate surface area is 111 Å². The summed E-state index contributed by atoms with van der Waals surface area (Å²) in [6.45, 7) is 0. The average molecular weight is 260 g/mol. The van der Waals surface area contributed by atoms with Gasteiger partial charge in [0.05, 0.1) is 12.6 Å². The lowest BCUT2D eigenvalue weighted by molar-refractivity contribution is -0.141. The van der Waals surface area contributed by atoms with Gasteiger partial charge < -0.3 is 5.32 Å². The van der Waals surface area contributed by atoms with Gasteiger partial charge >= 0.3 is 0 Å². The minimum Gasteiger partial charge on any atom is -0.357 e. The number of nitrogens with zero attached hydrogens (tertiary/aromatic N) is 3. The lowest BCUT2D eigenvalue weighted by Crippen LogP contribution is -2.41. The fourth-order valence-electron chi connectivity index (χ4n) is 2.86. The SMILES string of the molecule is O=C1CC(Nc2cnccn2)C(=O)N1C1CCCC1. The van der Waals surface area contributed by atoms with E-state index in [1.807, 2.05) is 0 Å². The van der Waals surface area contributed by atoms with Crippen molar-refractivity contribution < 1.29 is 9.59 Å². The van der Waals surface area contributed by atoms with E-state index < -0.39 is 6.04 Å². The lowest BCUT2D eigenvalue weighted by Gasteiger charge is -2.22. The van der Waals surface area contributed by atoms with E-state index in [1.165, 1.54) is 4.90 Å². The van der Waals surface area contributed by atoms with E-state index in [2.05, 4.69) is 15.3 Å². The number of carbonyl (C=O) groups is 2. The van der Waals surface area contributed by atoms with Crippen molar-refractivity contribution in [3.63, 3.8) is 0 Å². The minimum absolute atomic E-state index is 0.0710. The molecule has 0 bridgehead atoms. The molecule has 1 saturated carbocycles. The van der Waals surface area contributed by atoms with Crippen molar-refractivity contribution >= 4 is 17.6 Å². The fraction of sp³-hybridized carbons (Fsp3) is 0.538. The van der Waals surface area contributed by atoms with Crippen molar-refractivity contribution in [1.29, 1.82) is 0 Å². The van der Waals surface area contributed by atoms with Gasteiger partial charge in [0.15, 0.2) is 0 Å². The van der Waals surface area contributed by atoms with Gasteiger partial charge in [0.1, 0.15) is 11.9 Å². The molecule has 19 heavy (non-hydrogen) atoms. The molecule has 0 spiro atoms. The molecule has 0 aromatic carbocycles. The Morgan fingerprint density at radius 1 is 1.21 bits per heavy atom. The first-order valence-electron chi connectivity index (χ1n) is 6.64. The number of rotatable bonds is 3. The Morgan fingerprint density at radius 3 is 2.68 bits per heavy atom. The molecule has 6 heteroatoms. The van der Waals surface area contributed by atoms with E-state index in [-0.39, 0.29) is 24.3 Å². The smallest absolute Gasteiger partial charge is 0.252 e. The number of aromatic nitrogens is 2. The zero-order valence-electron chi connectivity index (χ0n) is 10.6. The van der Waals surface area contributed by atoms with Crippen molar-refractivity contribution in [1.82, 2.24) is 14.9 Å². The van der Waals surface area contributed by atoms with Gasteiger partial charge in [-0.25, -0.2) is 4.98 Å². The topological polar surface area (TPSA) is 75.2 Å². The first-order chi connectivity index (χ1) is 9.25. The molecule has 2 aliphatic rings. The van der Waals surface area contributed by atoms with E-state index in [9.17, 15) is 9.59 Å². The predicted molar refractivity (Wildman–Crippen MR) is 68.2 cm³/mol. The fourth-order valence-corrected chi connectivity index (χ4v) is 2.86. The average Bonchev–Trinajstić information content (AvgIpc) is 3.01. The maximum Gasteiger partial charge on any atom is 0.252 e. The van der Waals surface area contributed by atoms with Crippen LogP contribution in [0, 0.1) is 0 Å². The van der Waals surface area contributed by atoms with Crippen LogP contribution < -0.4 is 5.32 Å². The third-order valence-corrected chi connectivity index (χ3v) is 3.76. The monoisotopic (exact) mass is 260 g/mol. The zero-order chi connectivity index (χ0) is 13.2. The van der Waals surface area contributed by atoms with Crippen molar-refractivity contribution in [2.75, 3.05) is 5.32 Å². The van der Waals surface area contributed by atoms with Gasteiger partial charge in [0.2, 0.25) is 5.91 Å². The molecule has 1 N–H and O–H groups in total. The third-order valence-electron chi connectivity index (χ3n) is 3.76. The molecule has 1 aromatic heterocycles. The van der Waals surface area contributed by atoms with Crippen LogP contribution in [-0.4, -0.2) is 38.8 Å². The second-order valence-corrected chi connectivity index (χ2v) is 5.03. The van der Waals surface area contributed by atoms with Gasteiger partial charge in [-0.05, 0) is 12.8 Å². The van der Waals surface area contributed by atoms with Crippen molar-refractivity contribution in [3.05, 3.63) is 18.6 Å². The second-order valence-electron chi connectivity index (χ2n) is 5.03. The molecule has 2 amide bonds. The summed E-state index contributed by atoms with van der Waals surface area (Å²) >= 11 is 0. The van der Waals surface area contributed by atoms with Gasteiger partial charge in [-0.15, -0.1) is 0 Å². The minimum atomic E-state index is -0.496. The Bertz CT molecular complexity index is 485. The zero-order valence-corrected chi connectivity index (χ0v) is 10.6. The van der Waals surface area contributed by atoms with Gasteiger partial charge in [-0.3, -0.25) is 19.5 Å². The summed E-state index contributed by atoms with van der Waals surface area (Å²) in [6.07, 6.45) is 8.97. The standard InChI is InChI=1S/C13H16N4O2/c18-12-7-10(16-11-8-14-5-6-15-11)13(19)17(12)9-3-1-2-4-9/h5-6,8-10H,1-4,7H2,(H,15,16). The third kappa shape index (κ3) is 2.30. The molecular weight excluding hydrogens is 244 g/mol. The Hall–Kier alpha value is -1.98. The number of amides is 2. The van der Waals surface area contributed by atoms with Crippen LogP contribution >= 0.6 is 0 Å². The van der Waals surface area contributed by atoms with Crippen molar-refractivity contribution in [2.45, 2.75) is 44.2 Å². The molecule has 6 nitrogen and oxygen atoms in total. The van der Waals surface area contributed by atoms with Crippen LogP contribution in [0.4, 0.5) is 5.82 Å². The van der Waals surface area contributed by atoms with Crippen LogP contribution in [0.5, 0.6) is 0 Å².